The number of likely N-dealkylation sites (tertiary alicyclic amines) is 1. The molecule has 134 valence electrons. The van der Waals surface area contributed by atoms with Crippen molar-refractivity contribution in [3.05, 3.63) is 0 Å². The van der Waals surface area contributed by atoms with E-state index in [4.69, 9.17) is 4.74 Å². The third-order valence-corrected chi connectivity index (χ3v) is 3.74. The zero-order valence-electron chi connectivity index (χ0n) is 15.1. The van der Waals surface area contributed by atoms with E-state index in [0.717, 1.165) is 57.9 Å². The van der Waals surface area contributed by atoms with E-state index < -0.39 is 0 Å². The van der Waals surface area contributed by atoms with Crippen LogP contribution >= 0.6 is 0 Å². The third-order valence-electron chi connectivity index (χ3n) is 3.74. The van der Waals surface area contributed by atoms with Gasteiger partial charge in [-0.25, -0.2) is 4.79 Å². The fourth-order valence-electron chi connectivity index (χ4n) is 2.51. The smallest absolute Gasteiger partial charge is 0.409 e. The molecule has 1 heterocycles. The number of hydrogen-bond acceptors (Lipinski definition) is 4. The lowest BCUT2D eigenvalue weighted by atomic mass is 10.1. The summed E-state index contributed by atoms with van der Waals surface area (Å²) in [5.41, 5.74) is 0. The van der Waals surface area contributed by atoms with Crippen molar-refractivity contribution >= 4 is 12.1 Å². The predicted molar refractivity (Wildman–Crippen MR) is 93.9 cm³/mol. The Labute approximate surface area is 140 Å². The molecule has 0 aromatic heterocycles. The van der Waals surface area contributed by atoms with Gasteiger partial charge in [0, 0.05) is 32.2 Å². The SMILES string of the molecule is CCNC(=NCCCN(C)C)NC1CCN(C(=O)OCC)CC1. The summed E-state index contributed by atoms with van der Waals surface area (Å²) < 4.78 is 5.05. The number of rotatable bonds is 7. The number of ether oxygens (including phenoxy) is 1. The van der Waals surface area contributed by atoms with Gasteiger partial charge < -0.3 is 25.2 Å². The van der Waals surface area contributed by atoms with Gasteiger partial charge in [0.15, 0.2) is 5.96 Å². The van der Waals surface area contributed by atoms with Gasteiger partial charge in [-0.2, -0.15) is 0 Å². The molecular weight excluding hydrogens is 294 g/mol. The molecule has 1 aliphatic heterocycles. The van der Waals surface area contributed by atoms with Gasteiger partial charge in [-0.05, 0) is 53.8 Å². The van der Waals surface area contributed by atoms with Crippen LogP contribution in [0.3, 0.4) is 0 Å². The molecule has 0 bridgehead atoms. The summed E-state index contributed by atoms with van der Waals surface area (Å²) in [6, 6.07) is 0.354. The first kappa shape index (κ1) is 19.5. The Morgan fingerprint density at radius 3 is 2.57 bits per heavy atom. The van der Waals surface area contributed by atoms with Crippen LogP contribution in [-0.4, -0.2) is 81.3 Å². The average molecular weight is 327 g/mol. The fourth-order valence-corrected chi connectivity index (χ4v) is 2.51. The Morgan fingerprint density at radius 1 is 1.30 bits per heavy atom. The molecule has 0 aromatic carbocycles. The molecule has 0 spiro atoms. The second-order valence-electron chi connectivity index (χ2n) is 6.02. The molecule has 7 nitrogen and oxygen atoms in total. The summed E-state index contributed by atoms with van der Waals surface area (Å²) in [5.74, 6) is 0.876. The van der Waals surface area contributed by atoms with E-state index in [0.29, 0.717) is 12.6 Å². The maximum absolute atomic E-state index is 11.7. The molecule has 0 unspecified atom stereocenters. The van der Waals surface area contributed by atoms with E-state index in [2.05, 4.69) is 41.5 Å². The fraction of sp³-hybridized carbons (Fsp3) is 0.875. The van der Waals surface area contributed by atoms with E-state index in [1.54, 1.807) is 4.90 Å². The van der Waals surface area contributed by atoms with Gasteiger partial charge in [-0.1, -0.05) is 0 Å². The number of carbonyl (C=O) groups excluding carboxylic acids is 1. The van der Waals surface area contributed by atoms with Crippen LogP contribution in [0.5, 0.6) is 0 Å². The maximum Gasteiger partial charge on any atom is 0.409 e. The molecule has 0 radical (unpaired) electrons. The maximum atomic E-state index is 11.7. The molecule has 0 saturated carbocycles. The van der Waals surface area contributed by atoms with Crippen LogP contribution in [0.2, 0.25) is 0 Å². The van der Waals surface area contributed by atoms with E-state index in [1.807, 2.05) is 6.92 Å². The first-order valence-corrected chi connectivity index (χ1v) is 8.68. The molecule has 23 heavy (non-hydrogen) atoms. The number of carbonyl (C=O) groups is 1. The minimum absolute atomic E-state index is 0.199. The normalized spacial score (nSPS) is 16.6. The summed E-state index contributed by atoms with van der Waals surface area (Å²) in [4.78, 5) is 20.3. The first-order valence-electron chi connectivity index (χ1n) is 8.68. The number of nitrogens with zero attached hydrogens (tertiary/aromatic N) is 3. The summed E-state index contributed by atoms with van der Waals surface area (Å²) in [6.45, 7) is 8.51. The van der Waals surface area contributed by atoms with Crippen LogP contribution in [-0.2, 0) is 4.74 Å². The van der Waals surface area contributed by atoms with Crippen molar-refractivity contribution in [1.29, 1.82) is 0 Å². The second-order valence-corrected chi connectivity index (χ2v) is 6.02. The molecule has 1 aliphatic rings. The highest BCUT2D eigenvalue weighted by Crippen LogP contribution is 2.11. The van der Waals surface area contributed by atoms with Gasteiger partial charge in [-0.15, -0.1) is 0 Å². The molecule has 1 rings (SSSR count). The minimum Gasteiger partial charge on any atom is -0.450 e. The van der Waals surface area contributed by atoms with E-state index in [1.165, 1.54) is 0 Å². The number of hydrogen-bond donors (Lipinski definition) is 2. The van der Waals surface area contributed by atoms with Gasteiger partial charge in [0.2, 0.25) is 0 Å². The zero-order valence-corrected chi connectivity index (χ0v) is 15.1. The van der Waals surface area contributed by atoms with Gasteiger partial charge in [0.25, 0.3) is 0 Å². The monoisotopic (exact) mass is 327 g/mol. The Kier molecular flexibility index (Phi) is 9.43. The Hall–Kier alpha value is -1.50. The number of amides is 1. The number of piperidine rings is 1. The largest absolute Gasteiger partial charge is 0.450 e. The molecule has 7 heteroatoms. The topological polar surface area (TPSA) is 69.2 Å². The van der Waals surface area contributed by atoms with Gasteiger partial charge in [0.05, 0.1) is 6.61 Å². The van der Waals surface area contributed by atoms with Gasteiger partial charge >= 0.3 is 6.09 Å². The summed E-state index contributed by atoms with van der Waals surface area (Å²) in [7, 11) is 4.15. The van der Waals surface area contributed by atoms with Crippen LogP contribution in [0.15, 0.2) is 4.99 Å². The average Bonchev–Trinajstić information content (AvgIpc) is 2.52. The van der Waals surface area contributed by atoms with Gasteiger partial charge in [0.1, 0.15) is 0 Å². The zero-order chi connectivity index (χ0) is 17.1. The quantitative estimate of drug-likeness (QED) is 0.416. The van der Waals surface area contributed by atoms with Gasteiger partial charge in [-0.3, -0.25) is 4.99 Å². The molecule has 1 fully saturated rings. The van der Waals surface area contributed by atoms with Crippen LogP contribution in [0.25, 0.3) is 0 Å². The van der Waals surface area contributed by atoms with Crippen LogP contribution in [0, 0.1) is 0 Å². The lowest BCUT2D eigenvalue weighted by Crippen LogP contribution is -2.50. The summed E-state index contributed by atoms with van der Waals surface area (Å²) in [6.07, 6.45) is 2.68. The lowest BCUT2D eigenvalue weighted by molar-refractivity contribution is 0.0963. The Balaban J connectivity index is 2.37. The molecular formula is C16H33N5O2. The molecule has 1 saturated heterocycles. The summed E-state index contributed by atoms with van der Waals surface area (Å²) >= 11 is 0. The van der Waals surface area contributed by atoms with Crippen LogP contribution < -0.4 is 10.6 Å². The van der Waals surface area contributed by atoms with Crippen molar-refractivity contribution in [1.82, 2.24) is 20.4 Å². The van der Waals surface area contributed by atoms with Crippen molar-refractivity contribution < 1.29 is 9.53 Å². The highest BCUT2D eigenvalue weighted by molar-refractivity contribution is 5.80. The Morgan fingerprint density at radius 2 is 2.00 bits per heavy atom. The third kappa shape index (κ3) is 8.06. The molecule has 2 N–H and O–H groups in total. The number of guanidine groups is 1. The predicted octanol–water partition coefficient (Wildman–Crippen LogP) is 1.11. The first-order chi connectivity index (χ1) is 11.1. The second kappa shape index (κ2) is 11.1. The molecule has 0 atom stereocenters. The molecule has 1 amide bonds. The van der Waals surface area contributed by atoms with Crippen LogP contribution in [0.1, 0.15) is 33.1 Å². The number of aliphatic imine (C=N–C) groups is 1. The standard InChI is InChI=1S/C16H33N5O2/c1-5-17-15(18-10-7-11-20(3)4)19-14-8-12-21(13-9-14)16(22)23-6-2/h14H,5-13H2,1-4H3,(H2,17,18,19). The van der Waals surface area contributed by atoms with Crippen molar-refractivity contribution in [2.45, 2.75) is 39.2 Å². The highest BCUT2D eigenvalue weighted by atomic mass is 16.6. The van der Waals surface area contributed by atoms with Crippen molar-refractivity contribution in [2.24, 2.45) is 4.99 Å². The number of nitrogens with one attached hydrogen (secondary N) is 2. The van der Waals surface area contributed by atoms with E-state index in [9.17, 15) is 4.79 Å². The Bertz CT molecular complexity index is 365. The minimum atomic E-state index is -0.199. The molecule has 0 aromatic rings. The molecule has 0 aliphatic carbocycles. The summed E-state index contributed by atoms with van der Waals surface area (Å²) in [5, 5.41) is 6.78. The van der Waals surface area contributed by atoms with Crippen LogP contribution in [0.4, 0.5) is 4.79 Å². The highest BCUT2D eigenvalue weighted by Gasteiger charge is 2.23. The lowest BCUT2D eigenvalue weighted by Gasteiger charge is -2.32. The van der Waals surface area contributed by atoms with Crippen molar-refractivity contribution in [3.63, 3.8) is 0 Å². The van der Waals surface area contributed by atoms with Crippen molar-refractivity contribution in [3.8, 4) is 0 Å². The van der Waals surface area contributed by atoms with E-state index >= 15 is 0 Å². The van der Waals surface area contributed by atoms with E-state index in [-0.39, 0.29) is 6.09 Å². The van der Waals surface area contributed by atoms with Crippen molar-refractivity contribution in [2.75, 3.05) is 53.4 Å².